The Balaban J connectivity index is 3.75. The third-order valence-electron chi connectivity index (χ3n) is 2.95. The summed E-state index contributed by atoms with van der Waals surface area (Å²) >= 11 is 0. The van der Waals surface area contributed by atoms with Crippen molar-refractivity contribution < 1.29 is 34.9 Å². The fraction of sp³-hybridized carbons (Fsp3) is 0.538. The van der Waals surface area contributed by atoms with Gasteiger partial charge in [0.25, 0.3) is 0 Å². The molecule has 0 aliphatic heterocycles. The van der Waals surface area contributed by atoms with Crippen molar-refractivity contribution >= 4 is 24.0 Å². The summed E-state index contributed by atoms with van der Waals surface area (Å²) in [6, 6.07) is 2.12. The standard InChI is InChI=1S/C13H20F3NO5SSi/c1-4-20-24(21-5-2,22-6-3)12-9-10(13(14,15)16)7-8-11(12)23(17,18)19/h7-9H,4-6H2,1-3H3,(H2,17,18,19). The Morgan fingerprint density at radius 3 is 1.83 bits per heavy atom. The monoisotopic (exact) mass is 387 g/mol. The minimum atomic E-state index is -4.67. The highest BCUT2D eigenvalue weighted by Gasteiger charge is 2.48. The van der Waals surface area contributed by atoms with Crippen molar-refractivity contribution in [2.75, 3.05) is 19.8 Å². The molecule has 0 radical (unpaired) electrons. The van der Waals surface area contributed by atoms with E-state index in [2.05, 4.69) is 0 Å². The normalized spacial score (nSPS) is 13.3. The lowest BCUT2D eigenvalue weighted by Crippen LogP contribution is -2.58. The largest absolute Gasteiger partial charge is 0.538 e. The first-order valence-electron chi connectivity index (χ1n) is 7.18. The summed E-state index contributed by atoms with van der Waals surface area (Å²) in [7, 11) is -8.20. The molecule has 1 aromatic carbocycles. The summed E-state index contributed by atoms with van der Waals surface area (Å²) in [5.74, 6) is 0. The van der Waals surface area contributed by atoms with Crippen LogP contribution in [-0.4, -0.2) is 37.0 Å². The predicted molar refractivity (Wildman–Crippen MR) is 83.1 cm³/mol. The molecular weight excluding hydrogens is 367 g/mol. The fourth-order valence-electron chi connectivity index (χ4n) is 2.12. The number of rotatable bonds is 8. The Labute approximate surface area is 140 Å². The van der Waals surface area contributed by atoms with E-state index in [0.717, 1.165) is 6.07 Å². The van der Waals surface area contributed by atoms with E-state index < -0.39 is 35.5 Å². The lowest BCUT2D eigenvalue weighted by molar-refractivity contribution is -0.137. The molecule has 0 aromatic heterocycles. The third kappa shape index (κ3) is 4.77. The molecule has 24 heavy (non-hydrogen) atoms. The number of halogens is 3. The topological polar surface area (TPSA) is 87.8 Å². The van der Waals surface area contributed by atoms with Crippen molar-refractivity contribution in [1.29, 1.82) is 0 Å². The molecule has 138 valence electrons. The molecule has 0 spiro atoms. The SMILES string of the molecule is CCO[Si](OCC)(OCC)c1cc(C(F)(F)F)ccc1S(N)(=O)=O. The minimum absolute atomic E-state index is 0.0620. The van der Waals surface area contributed by atoms with Crippen LogP contribution >= 0.6 is 0 Å². The maximum atomic E-state index is 13.1. The summed E-state index contributed by atoms with van der Waals surface area (Å²) in [5, 5.41) is 4.83. The second-order valence-corrected chi connectivity index (χ2v) is 8.66. The van der Waals surface area contributed by atoms with Gasteiger partial charge in [-0.1, -0.05) is 0 Å². The number of alkyl halides is 3. The van der Waals surface area contributed by atoms with Crippen LogP contribution in [0.25, 0.3) is 0 Å². The lowest BCUT2D eigenvalue weighted by Gasteiger charge is -2.30. The Hall–Kier alpha value is -0.983. The van der Waals surface area contributed by atoms with E-state index in [1.807, 2.05) is 0 Å². The molecule has 2 N–H and O–H groups in total. The van der Waals surface area contributed by atoms with Gasteiger partial charge in [0, 0.05) is 25.0 Å². The van der Waals surface area contributed by atoms with Crippen molar-refractivity contribution in [3.8, 4) is 0 Å². The highest BCUT2D eigenvalue weighted by atomic mass is 32.2. The van der Waals surface area contributed by atoms with Gasteiger partial charge in [-0.2, -0.15) is 13.2 Å². The molecular formula is C13H20F3NO5SSi. The molecule has 11 heteroatoms. The quantitative estimate of drug-likeness (QED) is 0.685. The van der Waals surface area contributed by atoms with Gasteiger partial charge in [-0.25, -0.2) is 13.6 Å². The van der Waals surface area contributed by atoms with Gasteiger partial charge < -0.3 is 13.3 Å². The Morgan fingerprint density at radius 1 is 1.04 bits per heavy atom. The molecule has 0 unspecified atom stereocenters. The van der Waals surface area contributed by atoms with Crippen molar-refractivity contribution in [3.63, 3.8) is 0 Å². The second kappa shape index (κ2) is 7.93. The van der Waals surface area contributed by atoms with Crippen LogP contribution in [0.3, 0.4) is 0 Å². The van der Waals surface area contributed by atoms with Crippen LogP contribution in [0.1, 0.15) is 26.3 Å². The maximum absolute atomic E-state index is 13.1. The van der Waals surface area contributed by atoms with Crippen LogP contribution in [0.5, 0.6) is 0 Å². The molecule has 0 saturated carbocycles. The molecule has 0 heterocycles. The van der Waals surface area contributed by atoms with Crippen LogP contribution in [0, 0.1) is 0 Å². The Kier molecular flexibility index (Phi) is 6.96. The number of hydrogen-bond acceptors (Lipinski definition) is 5. The van der Waals surface area contributed by atoms with Crippen LogP contribution in [0.4, 0.5) is 13.2 Å². The number of benzene rings is 1. The molecule has 1 rings (SSSR count). The van der Waals surface area contributed by atoms with Crippen molar-refractivity contribution in [2.24, 2.45) is 5.14 Å². The van der Waals surface area contributed by atoms with E-state index in [9.17, 15) is 21.6 Å². The zero-order valence-electron chi connectivity index (χ0n) is 13.5. The predicted octanol–water partition coefficient (Wildman–Crippen LogP) is 1.61. The molecule has 6 nitrogen and oxygen atoms in total. The highest BCUT2D eigenvalue weighted by molar-refractivity contribution is 7.89. The first kappa shape index (κ1) is 21.1. The maximum Gasteiger partial charge on any atom is 0.538 e. The van der Waals surface area contributed by atoms with Crippen molar-refractivity contribution in [2.45, 2.75) is 31.8 Å². The summed E-state index contributed by atoms with van der Waals surface area (Å²) < 4.78 is 79.3. The fourth-order valence-corrected chi connectivity index (χ4v) is 6.12. The smallest absolute Gasteiger partial charge is 0.370 e. The molecule has 0 fully saturated rings. The highest BCUT2D eigenvalue weighted by Crippen LogP contribution is 2.30. The average Bonchev–Trinajstić information content (AvgIpc) is 2.45. The van der Waals surface area contributed by atoms with Crippen LogP contribution in [0.2, 0.25) is 0 Å². The number of primary sulfonamides is 1. The Morgan fingerprint density at radius 2 is 1.50 bits per heavy atom. The van der Waals surface area contributed by atoms with Gasteiger partial charge in [-0.3, -0.25) is 0 Å². The lowest BCUT2D eigenvalue weighted by atomic mass is 10.2. The van der Waals surface area contributed by atoms with E-state index in [4.69, 9.17) is 18.4 Å². The molecule has 0 aliphatic carbocycles. The van der Waals surface area contributed by atoms with Gasteiger partial charge in [0.15, 0.2) is 0 Å². The van der Waals surface area contributed by atoms with Gasteiger partial charge >= 0.3 is 15.0 Å². The van der Waals surface area contributed by atoms with Crippen LogP contribution < -0.4 is 10.3 Å². The number of nitrogens with two attached hydrogens (primary N) is 1. The van der Waals surface area contributed by atoms with Gasteiger partial charge in [-0.15, -0.1) is 0 Å². The van der Waals surface area contributed by atoms with Crippen LogP contribution in [-0.2, 0) is 29.5 Å². The van der Waals surface area contributed by atoms with E-state index in [1.165, 1.54) is 0 Å². The zero-order chi connectivity index (χ0) is 18.6. The van der Waals surface area contributed by atoms with E-state index in [0.29, 0.717) is 12.1 Å². The summed E-state index contributed by atoms with van der Waals surface area (Å²) in [4.78, 5) is -0.502. The second-order valence-electron chi connectivity index (χ2n) is 4.61. The number of sulfonamides is 1. The van der Waals surface area contributed by atoms with Gasteiger partial charge in [0.1, 0.15) is 0 Å². The van der Waals surface area contributed by atoms with Gasteiger partial charge in [-0.05, 0) is 39.0 Å². The molecule has 0 saturated heterocycles. The summed E-state index contributed by atoms with van der Waals surface area (Å²) in [6.45, 7) is 4.99. The number of hydrogen-bond donors (Lipinski definition) is 1. The summed E-state index contributed by atoms with van der Waals surface area (Å²) in [5.41, 5.74) is -1.04. The van der Waals surface area contributed by atoms with E-state index in [-0.39, 0.29) is 25.0 Å². The average molecular weight is 387 g/mol. The van der Waals surface area contributed by atoms with Crippen LogP contribution in [0.15, 0.2) is 23.1 Å². The van der Waals surface area contributed by atoms with Gasteiger partial charge in [0.05, 0.1) is 10.5 Å². The van der Waals surface area contributed by atoms with Crippen molar-refractivity contribution in [3.05, 3.63) is 23.8 Å². The first-order valence-corrected chi connectivity index (χ1v) is 10.4. The first-order chi connectivity index (χ1) is 11.0. The molecule has 0 aliphatic rings. The van der Waals surface area contributed by atoms with Crippen molar-refractivity contribution in [1.82, 2.24) is 0 Å². The Bertz CT molecular complexity index is 649. The molecule has 0 amide bonds. The molecule has 0 bridgehead atoms. The van der Waals surface area contributed by atoms with Gasteiger partial charge in [0.2, 0.25) is 10.0 Å². The zero-order valence-corrected chi connectivity index (χ0v) is 15.3. The minimum Gasteiger partial charge on any atom is -0.370 e. The third-order valence-corrected chi connectivity index (χ3v) is 7.18. The van der Waals surface area contributed by atoms with E-state index >= 15 is 0 Å². The molecule has 0 atom stereocenters. The summed E-state index contributed by atoms with van der Waals surface area (Å²) in [6.07, 6.45) is -4.67. The molecule has 1 aromatic rings. The van der Waals surface area contributed by atoms with E-state index in [1.54, 1.807) is 20.8 Å².